The third-order valence-corrected chi connectivity index (χ3v) is 23.6. The van der Waals surface area contributed by atoms with Crippen molar-refractivity contribution in [3.8, 4) is 34.6 Å². The molecule has 0 spiro atoms. The highest BCUT2D eigenvalue weighted by Gasteiger charge is 2.51. The van der Waals surface area contributed by atoms with Crippen molar-refractivity contribution in [2.75, 3.05) is 9.80 Å². The molecule has 0 N–H and O–H groups in total. The van der Waals surface area contributed by atoms with E-state index in [9.17, 15) is 10.5 Å². The predicted octanol–water partition coefficient (Wildman–Crippen LogP) is 20.9. The van der Waals surface area contributed by atoms with Crippen molar-refractivity contribution in [1.82, 2.24) is 9.13 Å². The molecule has 10 aromatic rings. The summed E-state index contributed by atoms with van der Waals surface area (Å²) in [6, 6.07) is 60.5. The van der Waals surface area contributed by atoms with Gasteiger partial charge in [0.15, 0.2) is 11.4 Å². The summed E-state index contributed by atoms with van der Waals surface area (Å²) in [5.74, 6) is 1.40. The molecule has 0 radical (unpaired) electrons. The normalized spacial score (nSPS) is 22.0. The van der Waals surface area contributed by atoms with E-state index in [2.05, 4.69) is 192 Å². The second-order valence-electron chi connectivity index (χ2n) is 28.6. The van der Waals surface area contributed by atoms with Gasteiger partial charge in [-0.2, -0.15) is 10.5 Å². The number of allylic oxidation sites excluding steroid dienone is 8. The van der Waals surface area contributed by atoms with Crippen LogP contribution in [0.4, 0.5) is 34.1 Å². The Morgan fingerprint density at radius 1 is 0.423 bits per heavy atom. The molecule has 0 saturated heterocycles. The fourth-order valence-electron chi connectivity index (χ4n) is 19.3. The molecule has 0 amide bonds. The molecule has 8 aliphatic rings. The summed E-state index contributed by atoms with van der Waals surface area (Å²) in [5, 5.41) is 24.6. The van der Waals surface area contributed by atoms with E-state index in [4.69, 9.17) is 13.1 Å². The molecule has 470 valence electrons. The van der Waals surface area contributed by atoms with E-state index in [-0.39, 0.29) is 18.8 Å². The van der Waals surface area contributed by atoms with E-state index >= 15 is 0 Å². The monoisotopic (exact) mass is 1250 g/mol. The summed E-state index contributed by atoms with van der Waals surface area (Å²) in [4.78, 5) is 13.8. The van der Waals surface area contributed by atoms with Gasteiger partial charge in [-0.3, -0.25) is 0 Å². The van der Waals surface area contributed by atoms with Gasteiger partial charge in [0.2, 0.25) is 0 Å². The van der Waals surface area contributed by atoms with Crippen LogP contribution in [0, 0.1) is 59.5 Å². The lowest BCUT2D eigenvalue weighted by atomic mass is 9.33. The Bertz CT molecular complexity index is 4880. The van der Waals surface area contributed by atoms with Crippen molar-refractivity contribution in [2.24, 2.45) is 23.7 Å². The number of nitriles is 2. The highest BCUT2D eigenvalue weighted by molar-refractivity contribution is 7.00. The van der Waals surface area contributed by atoms with Gasteiger partial charge >= 0.3 is 0 Å². The second kappa shape index (κ2) is 24.3. The highest BCUT2D eigenvalue weighted by atomic mass is 15.2. The summed E-state index contributed by atoms with van der Waals surface area (Å²) >= 11 is 0. The van der Waals surface area contributed by atoms with Crippen LogP contribution in [0.15, 0.2) is 223 Å². The van der Waals surface area contributed by atoms with Crippen LogP contribution in [0.3, 0.4) is 0 Å². The molecule has 2 aromatic heterocycles. The minimum absolute atomic E-state index is 0.0350. The topological polar surface area (TPSA) is 72.6 Å². The Morgan fingerprint density at radius 2 is 0.897 bits per heavy atom. The number of benzene rings is 8. The fourth-order valence-corrected chi connectivity index (χ4v) is 19.3. The maximum atomic E-state index is 10.4. The average molecular weight is 1260 g/mol. The predicted molar refractivity (Wildman–Crippen MR) is 400 cm³/mol. The van der Waals surface area contributed by atoms with Gasteiger partial charge in [0.1, 0.15) is 0 Å². The number of aromatic nitrogens is 2. The van der Waals surface area contributed by atoms with Gasteiger partial charge in [0.05, 0.1) is 70.6 Å². The van der Waals surface area contributed by atoms with Crippen molar-refractivity contribution in [2.45, 2.75) is 128 Å². The highest BCUT2D eigenvalue weighted by Crippen LogP contribution is 2.54. The molecule has 6 unspecified atom stereocenters. The van der Waals surface area contributed by atoms with E-state index in [0.29, 0.717) is 46.2 Å². The number of anilines is 4. The molecule has 97 heavy (non-hydrogen) atoms. The minimum Gasteiger partial charge on any atom is -0.334 e. The van der Waals surface area contributed by atoms with Crippen LogP contribution < -0.4 is 26.2 Å². The largest absolute Gasteiger partial charge is 0.334 e. The fraction of sp³-hybridized carbons (Fsp3) is 0.273. The molecular weight excluding hydrogens is 1180 g/mol. The van der Waals surface area contributed by atoms with Gasteiger partial charge in [-0.1, -0.05) is 114 Å². The van der Waals surface area contributed by atoms with E-state index in [1.54, 1.807) is 22.3 Å². The first-order valence-electron chi connectivity index (χ1n) is 35.8. The Morgan fingerprint density at radius 3 is 1.33 bits per heavy atom. The number of hydrogen-bond acceptors (Lipinski definition) is 4. The van der Waals surface area contributed by atoms with Crippen molar-refractivity contribution in [1.29, 1.82) is 10.5 Å². The summed E-state index contributed by atoms with van der Waals surface area (Å²) < 4.78 is 4.80. The number of hydrogen-bond donors (Lipinski definition) is 0. The van der Waals surface area contributed by atoms with Crippen LogP contribution in [0.25, 0.3) is 75.8 Å². The third-order valence-electron chi connectivity index (χ3n) is 23.6. The van der Waals surface area contributed by atoms with E-state index in [1.807, 2.05) is 48.5 Å². The molecule has 2 aliphatic heterocycles. The Balaban J connectivity index is 0.972. The molecule has 8 nitrogen and oxygen atoms in total. The van der Waals surface area contributed by atoms with Gasteiger partial charge < -0.3 is 18.9 Å². The molecule has 6 aliphatic carbocycles. The number of nitrogens with zero attached hydrogens (tertiary/aromatic N) is 8. The molecule has 18 rings (SSSR count). The summed E-state index contributed by atoms with van der Waals surface area (Å²) in [5.41, 5.74) is 26.3. The molecule has 6 atom stereocenters. The SMILES string of the molecule is [C-]#[N+]c1ccc2c(c1)c1cc([N+]#[C-])ccc1n2-c1ccc2c(c1)N(C1C(C3CC=CCC3)=CCCC1C1=CCCCC1)c1cc(-c3ccccc3)cc3c1B2c1ccc(-n2c4ccc(C#N)cc4c4cc(C#N)ccc42)cc1N3C1C(C2CC=CCC2)=CCCC1C1=CCCCC1. The quantitative estimate of drug-likeness (QED) is 0.0820. The minimum atomic E-state index is -0.174. The van der Waals surface area contributed by atoms with Crippen LogP contribution in [-0.2, 0) is 0 Å². The summed E-state index contributed by atoms with van der Waals surface area (Å²) in [6.07, 6.45) is 40.7. The second-order valence-corrected chi connectivity index (χ2v) is 28.6. The first-order chi connectivity index (χ1) is 47.9. The molecule has 8 aromatic carbocycles. The Kier molecular flexibility index (Phi) is 14.7. The molecule has 0 bridgehead atoms. The van der Waals surface area contributed by atoms with Gasteiger partial charge in [0.25, 0.3) is 6.71 Å². The molecule has 0 saturated carbocycles. The van der Waals surface area contributed by atoms with Crippen molar-refractivity contribution < 1.29 is 0 Å². The first kappa shape index (κ1) is 59.0. The standard InChI is InChI=1S/C88H75BN8/c1-92-64-36-44-80-74(50-64)75-51-65(93-2)37-45-81(75)95(80)67-39-41-77-83(53-67)97(88-70(61-26-14-6-15-27-61)32-19-33-71(88)62-28-16-7-17-29-62)85-49-63(58-20-8-3-9-21-58)48-84-86(85)89(77)76-40-38-66(94-78-42-34-56(54-90)46-72(78)73-47-57(55-91)35-43-79(73)94)52-82(76)96(84)87-68(59-22-10-4-11-23-59)30-18-31-69(87)60-24-12-5-13-25-60/h3-4,6,8-10,14,20-21,24,28,30,32,34-53,59,61,69,71,87-88H,5,7,11-13,15-19,22-23,25-27,29,31,33H2. The number of fused-ring (bicyclic) bond motifs is 10. The van der Waals surface area contributed by atoms with Crippen LogP contribution in [-0.4, -0.2) is 27.9 Å². The van der Waals surface area contributed by atoms with Gasteiger partial charge in [-0.25, -0.2) is 9.69 Å². The lowest BCUT2D eigenvalue weighted by Crippen LogP contribution is -2.65. The smallest absolute Gasteiger partial charge is 0.252 e. The molecule has 0 fully saturated rings. The van der Waals surface area contributed by atoms with Gasteiger partial charge in [-0.05, 0) is 274 Å². The van der Waals surface area contributed by atoms with Crippen molar-refractivity contribution in [3.63, 3.8) is 0 Å². The average Bonchev–Trinajstić information content (AvgIpc) is 1.21. The van der Waals surface area contributed by atoms with Gasteiger partial charge in [0, 0.05) is 56.7 Å². The van der Waals surface area contributed by atoms with E-state index < -0.39 is 0 Å². The van der Waals surface area contributed by atoms with Crippen molar-refractivity contribution in [3.05, 3.63) is 257 Å². The lowest BCUT2D eigenvalue weighted by Gasteiger charge is -2.53. The Hall–Kier alpha value is -10.6. The van der Waals surface area contributed by atoms with Crippen LogP contribution in [0.2, 0.25) is 0 Å². The molecule has 4 heterocycles. The summed E-state index contributed by atoms with van der Waals surface area (Å²) in [6.45, 7) is 16.2. The van der Waals surface area contributed by atoms with Crippen LogP contribution in [0.5, 0.6) is 0 Å². The summed E-state index contributed by atoms with van der Waals surface area (Å²) in [7, 11) is 0. The third kappa shape index (κ3) is 9.71. The Labute approximate surface area is 569 Å². The maximum absolute atomic E-state index is 10.4. The van der Waals surface area contributed by atoms with Crippen LogP contribution >= 0.6 is 0 Å². The van der Waals surface area contributed by atoms with Gasteiger partial charge in [-0.15, -0.1) is 0 Å². The zero-order valence-corrected chi connectivity index (χ0v) is 54.9. The zero-order valence-electron chi connectivity index (χ0n) is 54.9. The maximum Gasteiger partial charge on any atom is 0.252 e. The molecule has 9 heteroatoms. The van der Waals surface area contributed by atoms with Crippen molar-refractivity contribution >= 4 is 101 Å². The van der Waals surface area contributed by atoms with E-state index in [1.165, 1.54) is 75.9 Å². The van der Waals surface area contributed by atoms with Crippen LogP contribution in [0.1, 0.15) is 127 Å². The molecular formula is C88H75BN8. The van der Waals surface area contributed by atoms with E-state index in [0.717, 1.165) is 145 Å². The first-order valence-corrected chi connectivity index (χ1v) is 35.8. The zero-order chi connectivity index (χ0) is 64.8. The lowest BCUT2D eigenvalue weighted by molar-refractivity contribution is 0.391. The number of rotatable bonds is 9.